The molecule has 0 radical (unpaired) electrons. The molecule has 0 aromatic heterocycles. The van der Waals surface area contributed by atoms with Crippen molar-refractivity contribution in [2.45, 2.75) is 43.9 Å². The normalized spacial score (nSPS) is 11.2. The van der Waals surface area contributed by atoms with Crippen LogP contribution in [0.4, 0.5) is 0 Å². The second kappa shape index (κ2) is 9.54. The van der Waals surface area contributed by atoms with Crippen LogP contribution in [0.1, 0.15) is 44.6 Å². The Bertz CT molecular complexity index is 561. The smallest absolute Gasteiger partial charge is 0.180 e. The second-order valence-corrected chi connectivity index (χ2v) is 7.09. The molecule has 0 aliphatic heterocycles. The van der Waals surface area contributed by atoms with Gasteiger partial charge >= 0.3 is 0 Å². The Hall–Kier alpha value is -1.38. The van der Waals surface area contributed by atoms with E-state index < -0.39 is 9.84 Å². The van der Waals surface area contributed by atoms with Crippen LogP contribution in [-0.2, 0) is 14.6 Å². The first-order valence-electron chi connectivity index (χ1n) is 7.41. The number of rotatable bonds is 10. The van der Waals surface area contributed by atoms with Gasteiger partial charge in [0, 0.05) is 6.61 Å². The lowest BCUT2D eigenvalue weighted by Crippen LogP contribution is -2.13. The molecule has 0 spiro atoms. The molecule has 116 valence electrons. The van der Waals surface area contributed by atoms with Gasteiger partial charge < -0.3 is 4.74 Å². The van der Waals surface area contributed by atoms with Gasteiger partial charge in [0.05, 0.1) is 28.9 Å². The lowest BCUT2D eigenvalue weighted by atomic mass is 10.2. The van der Waals surface area contributed by atoms with E-state index in [0.29, 0.717) is 12.2 Å². The maximum absolute atomic E-state index is 12.1. The molecule has 0 amide bonds. The Morgan fingerprint density at radius 1 is 1.14 bits per heavy atom. The Morgan fingerprint density at radius 2 is 1.90 bits per heavy atom. The van der Waals surface area contributed by atoms with Crippen LogP contribution in [0.2, 0.25) is 0 Å². The third-order valence-electron chi connectivity index (χ3n) is 3.21. The van der Waals surface area contributed by atoms with E-state index in [-0.39, 0.29) is 17.3 Å². The molecule has 0 atom stereocenters. The molecule has 0 bridgehead atoms. The van der Waals surface area contributed by atoms with Crippen molar-refractivity contribution in [2.24, 2.45) is 0 Å². The van der Waals surface area contributed by atoms with E-state index in [2.05, 4.69) is 6.92 Å². The van der Waals surface area contributed by atoms with Crippen molar-refractivity contribution >= 4 is 9.84 Å². The van der Waals surface area contributed by atoms with Gasteiger partial charge in [0.2, 0.25) is 0 Å². The van der Waals surface area contributed by atoms with Crippen LogP contribution in [0, 0.1) is 11.3 Å². The molecule has 0 unspecified atom stereocenters. The average molecular weight is 309 g/mol. The van der Waals surface area contributed by atoms with Crippen molar-refractivity contribution < 1.29 is 13.2 Å². The standard InChI is InChI=1S/C16H23NO3S/c1-2-3-4-5-6-10-20-11-12-21(18,19)16-9-7-8-15(13-16)14-17/h7-9,13H,2-6,10-12H2,1H3. The summed E-state index contributed by atoms with van der Waals surface area (Å²) in [6, 6.07) is 8.03. The second-order valence-electron chi connectivity index (χ2n) is 4.99. The number of hydrogen-bond donors (Lipinski definition) is 0. The monoisotopic (exact) mass is 309 g/mol. The first kappa shape index (κ1) is 17.7. The predicted molar refractivity (Wildman–Crippen MR) is 82.8 cm³/mol. The summed E-state index contributed by atoms with van der Waals surface area (Å²) in [5, 5.41) is 8.79. The Morgan fingerprint density at radius 3 is 2.62 bits per heavy atom. The van der Waals surface area contributed by atoms with Gasteiger partial charge in [-0.2, -0.15) is 5.26 Å². The van der Waals surface area contributed by atoms with Crippen molar-refractivity contribution in [3.05, 3.63) is 29.8 Å². The molecule has 5 heteroatoms. The van der Waals surface area contributed by atoms with Crippen LogP contribution in [0.25, 0.3) is 0 Å². The van der Waals surface area contributed by atoms with Crippen LogP contribution in [0.5, 0.6) is 0 Å². The minimum Gasteiger partial charge on any atom is -0.380 e. The van der Waals surface area contributed by atoms with Crippen molar-refractivity contribution in [1.29, 1.82) is 5.26 Å². The molecule has 0 heterocycles. The van der Waals surface area contributed by atoms with E-state index in [4.69, 9.17) is 10.00 Å². The van der Waals surface area contributed by atoms with Crippen LogP contribution in [0.3, 0.4) is 0 Å². The molecule has 0 saturated heterocycles. The average Bonchev–Trinajstić information content (AvgIpc) is 2.50. The lowest BCUT2D eigenvalue weighted by molar-refractivity contribution is 0.144. The van der Waals surface area contributed by atoms with Gasteiger partial charge in [-0.05, 0) is 24.6 Å². The SMILES string of the molecule is CCCCCCCOCCS(=O)(=O)c1cccc(C#N)c1. The predicted octanol–water partition coefficient (Wildman–Crippen LogP) is 3.32. The van der Waals surface area contributed by atoms with Crippen molar-refractivity contribution in [3.63, 3.8) is 0 Å². The van der Waals surface area contributed by atoms with Crippen LogP contribution < -0.4 is 0 Å². The summed E-state index contributed by atoms with van der Waals surface area (Å²) in [6.45, 7) is 2.98. The molecular weight excluding hydrogens is 286 g/mol. The van der Waals surface area contributed by atoms with Gasteiger partial charge in [-0.15, -0.1) is 0 Å². The number of sulfone groups is 1. The number of hydrogen-bond acceptors (Lipinski definition) is 4. The highest BCUT2D eigenvalue weighted by Crippen LogP contribution is 2.13. The molecule has 1 aromatic rings. The van der Waals surface area contributed by atoms with Gasteiger partial charge in [0.1, 0.15) is 0 Å². The topological polar surface area (TPSA) is 67.2 Å². The highest BCUT2D eigenvalue weighted by molar-refractivity contribution is 7.91. The molecule has 1 aromatic carbocycles. The summed E-state index contributed by atoms with van der Waals surface area (Å²) in [4.78, 5) is 0.188. The quantitative estimate of drug-likeness (QED) is 0.622. The summed E-state index contributed by atoms with van der Waals surface area (Å²) in [5.74, 6) is -0.0448. The molecule has 0 aliphatic rings. The number of unbranched alkanes of at least 4 members (excludes halogenated alkanes) is 4. The van der Waals surface area contributed by atoms with Gasteiger partial charge in [0.25, 0.3) is 0 Å². The first-order valence-corrected chi connectivity index (χ1v) is 9.06. The molecule has 1 rings (SSSR count). The number of nitriles is 1. The van der Waals surface area contributed by atoms with Crippen molar-refractivity contribution in [2.75, 3.05) is 19.0 Å². The summed E-state index contributed by atoms with van der Waals surface area (Å²) >= 11 is 0. The van der Waals surface area contributed by atoms with E-state index in [9.17, 15) is 8.42 Å². The van der Waals surface area contributed by atoms with Gasteiger partial charge in [-0.1, -0.05) is 38.7 Å². The van der Waals surface area contributed by atoms with Crippen LogP contribution in [0.15, 0.2) is 29.2 Å². The number of nitrogens with zero attached hydrogens (tertiary/aromatic N) is 1. The molecule has 0 aliphatic carbocycles. The highest BCUT2D eigenvalue weighted by atomic mass is 32.2. The minimum absolute atomic E-state index is 0.0448. The van der Waals surface area contributed by atoms with Gasteiger partial charge in [0.15, 0.2) is 9.84 Å². The van der Waals surface area contributed by atoms with E-state index >= 15 is 0 Å². The van der Waals surface area contributed by atoms with Gasteiger partial charge in [-0.3, -0.25) is 0 Å². The number of benzene rings is 1. The number of ether oxygens (including phenoxy) is 1. The van der Waals surface area contributed by atoms with Crippen molar-refractivity contribution in [1.82, 2.24) is 0 Å². The van der Waals surface area contributed by atoms with E-state index in [1.165, 1.54) is 31.4 Å². The molecular formula is C16H23NO3S. The first-order chi connectivity index (χ1) is 10.1. The maximum Gasteiger partial charge on any atom is 0.180 e. The fourth-order valence-electron chi connectivity index (χ4n) is 1.96. The van der Waals surface area contributed by atoms with E-state index in [1.807, 2.05) is 6.07 Å². The summed E-state index contributed by atoms with van der Waals surface area (Å²) in [7, 11) is -3.37. The molecule has 0 N–H and O–H groups in total. The maximum atomic E-state index is 12.1. The van der Waals surface area contributed by atoms with Crippen molar-refractivity contribution in [3.8, 4) is 6.07 Å². The van der Waals surface area contributed by atoms with Gasteiger partial charge in [-0.25, -0.2) is 8.42 Å². The zero-order valence-electron chi connectivity index (χ0n) is 12.5. The van der Waals surface area contributed by atoms with E-state index in [0.717, 1.165) is 12.8 Å². The Labute approximate surface area is 127 Å². The molecule has 21 heavy (non-hydrogen) atoms. The highest BCUT2D eigenvalue weighted by Gasteiger charge is 2.14. The molecule has 0 fully saturated rings. The zero-order valence-corrected chi connectivity index (χ0v) is 13.4. The molecule has 4 nitrogen and oxygen atoms in total. The largest absolute Gasteiger partial charge is 0.380 e. The fraction of sp³-hybridized carbons (Fsp3) is 0.562. The zero-order chi connectivity index (χ0) is 15.6. The fourth-order valence-corrected chi connectivity index (χ4v) is 3.12. The minimum atomic E-state index is -3.37. The third-order valence-corrected chi connectivity index (χ3v) is 4.89. The Kier molecular flexibility index (Phi) is 8.03. The van der Waals surface area contributed by atoms with E-state index in [1.54, 1.807) is 12.1 Å². The summed E-state index contributed by atoms with van der Waals surface area (Å²) < 4.78 is 29.6. The lowest BCUT2D eigenvalue weighted by Gasteiger charge is -2.06. The molecule has 0 saturated carbocycles. The third kappa shape index (κ3) is 6.74. The summed E-state index contributed by atoms with van der Waals surface area (Å²) in [5.41, 5.74) is 0.355. The Balaban J connectivity index is 2.32. The van der Waals surface area contributed by atoms with Crippen LogP contribution >= 0.6 is 0 Å². The van der Waals surface area contributed by atoms with Crippen LogP contribution in [-0.4, -0.2) is 27.4 Å². The summed E-state index contributed by atoms with van der Waals surface area (Å²) in [6.07, 6.45) is 5.76.